The van der Waals surface area contributed by atoms with Crippen molar-refractivity contribution in [1.82, 2.24) is 20.0 Å². The van der Waals surface area contributed by atoms with Crippen LogP contribution in [-0.4, -0.2) is 86.1 Å². The highest BCUT2D eigenvalue weighted by Gasteiger charge is 2.30. The molecule has 5 nitrogen and oxygen atoms in total. The van der Waals surface area contributed by atoms with Gasteiger partial charge in [0, 0.05) is 58.9 Å². The Bertz CT molecular complexity index is 405. The summed E-state index contributed by atoms with van der Waals surface area (Å²) in [5.74, 6) is 1.73. The van der Waals surface area contributed by atoms with Crippen LogP contribution in [0.25, 0.3) is 0 Å². The van der Waals surface area contributed by atoms with Crippen LogP contribution in [0.1, 0.15) is 41.0 Å². The van der Waals surface area contributed by atoms with Crippen LogP contribution in [-0.2, 0) is 0 Å². The molecule has 0 aromatic carbocycles. The van der Waals surface area contributed by atoms with Crippen molar-refractivity contribution in [1.29, 1.82) is 0 Å². The second-order valence-corrected chi connectivity index (χ2v) is 8.37. The lowest BCUT2D eigenvalue weighted by Crippen LogP contribution is -2.47. The summed E-state index contributed by atoms with van der Waals surface area (Å²) >= 11 is 0. The molecule has 2 aliphatic heterocycles. The molecule has 25 heavy (non-hydrogen) atoms. The number of rotatable bonds is 6. The van der Waals surface area contributed by atoms with Crippen molar-refractivity contribution in [2.24, 2.45) is 16.3 Å². The van der Waals surface area contributed by atoms with Gasteiger partial charge in [-0.15, -0.1) is 24.0 Å². The van der Waals surface area contributed by atoms with E-state index >= 15 is 0 Å². The third-order valence-corrected chi connectivity index (χ3v) is 5.35. The summed E-state index contributed by atoms with van der Waals surface area (Å²) in [6, 6.07) is 0. The Morgan fingerprint density at radius 1 is 1.08 bits per heavy atom. The fraction of sp³-hybridized carbons (Fsp3) is 0.947. The minimum atomic E-state index is 0. The molecule has 0 aromatic heterocycles. The molecular weight excluding hydrogens is 425 g/mol. The molecule has 0 spiro atoms. The van der Waals surface area contributed by atoms with Gasteiger partial charge in [0.1, 0.15) is 0 Å². The second kappa shape index (κ2) is 10.9. The van der Waals surface area contributed by atoms with E-state index < -0.39 is 0 Å². The molecule has 2 fully saturated rings. The van der Waals surface area contributed by atoms with Gasteiger partial charge in [0.15, 0.2) is 5.96 Å². The lowest BCUT2D eigenvalue weighted by atomic mass is 9.93. The SMILES string of the molecule is CCNC(=NCC(C)CN1CCN(CC)CC1)N1CCC(C)(C)C1.I. The zero-order valence-corrected chi connectivity index (χ0v) is 19.4. The van der Waals surface area contributed by atoms with Crippen LogP contribution in [0.5, 0.6) is 0 Å². The molecule has 2 aliphatic rings. The molecule has 0 amide bonds. The number of piperazine rings is 1. The lowest BCUT2D eigenvalue weighted by Gasteiger charge is -2.35. The summed E-state index contributed by atoms with van der Waals surface area (Å²) < 4.78 is 0. The van der Waals surface area contributed by atoms with Gasteiger partial charge in [-0.25, -0.2) is 0 Å². The number of halogens is 1. The Morgan fingerprint density at radius 3 is 2.24 bits per heavy atom. The molecule has 1 atom stereocenters. The van der Waals surface area contributed by atoms with E-state index in [2.05, 4.69) is 54.6 Å². The molecule has 2 rings (SSSR count). The van der Waals surface area contributed by atoms with E-state index in [1.165, 1.54) is 45.7 Å². The van der Waals surface area contributed by atoms with E-state index in [4.69, 9.17) is 4.99 Å². The van der Waals surface area contributed by atoms with Crippen LogP contribution in [0.3, 0.4) is 0 Å². The van der Waals surface area contributed by atoms with Crippen LogP contribution < -0.4 is 5.32 Å². The number of aliphatic imine (C=N–C) groups is 1. The zero-order valence-electron chi connectivity index (χ0n) is 17.1. The quantitative estimate of drug-likeness (QED) is 0.372. The van der Waals surface area contributed by atoms with E-state index in [1.54, 1.807) is 0 Å². The average Bonchev–Trinajstić information content (AvgIpc) is 2.92. The Hall–Kier alpha value is -0.0800. The van der Waals surface area contributed by atoms with Crippen molar-refractivity contribution in [3.05, 3.63) is 0 Å². The van der Waals surface area contributed by atoms with E-state index in [0.29, 0.717) is 11.3 Å². The van der Waals surface area contributed by atoms with Crippen LogP contribution in [0.4, 0.5) is 0 Å². The zero-order chi connectivity index (χ0) is 17.6. The van der Waals surface area contributed by atoms with Crippen molar-refractivity contribution in [2.75, 3.05) is 65.4 Å². The molecule has 148 valence electrons. The number of nitrogens with zero attached hydrogens (tertiary/aromatic N) is 4. The fourth-order valence-corrected chi connectivity index (χ4v) is 3.75. The topological polar surface area (TPSA) is 34.1 Å². The number of likely N-dealkylation sites (N-methyl/N-ethyl adjacent to an activating group) is 1. The van der Waals surface area contributed by atoms with Crippen LogP contribution >= 0.6 is 24.0 Å². The van der Waals surface area contributed by atoms with Crippen molar-refractivity contribution < 1.29 is 0 Å². The molecule has 6 heteroatoms. The summed E-state index contributed by atoms with van der Waals surface area (Å²) in [7, 11) is 0. The fourth-order valence-electron chi connectivity index (χ4n) is 3.75. The highest BCUT2D eigenvalue weighted by molar-refractivity contribution is 14.0. The predicted octanol–water partition coefficient (Wildman–Crippen LogP) is 2.58. The molecule has 0 bridgehead atoms. The van der Waals surface area contributed by atoms with Crippen molar-refractivity contribution in [3.8, 4) is 0 Å². The third kappa shape index (κ3) is 7.59. The Balaban J connectivity index is 0.00000312. The normalized spacial score (nSPS) is 23.4. The Kier molecular flexibility index (Phi) is 10.0. The van der Waals surface area contributed by atoms with Gasteiger partial charge in [-0.3, -0.25) is 4.99 Å². The van der Waals surface area contributed by atoms with Gasteiger partial charge < -0.3 is 20.0 Å². The summed E-state index contributed by atoms with van der Waals surface area (Å²) in [5, 5.41) is 3.49. The number of hydrogen-bond donors (Lipinski definition) is 1. The number of hydrogen-bond acceptors (Lipinski definition) is 3. The smallest absolute Gasteiger partial charge is 0.193 e. The average molecular weight is 465 g/mol. The summed E-state index contributed by atoms with van der Waals surface area (Å²) in [6.07, 6.45) is 1.26. The van der Waals surface area contributed by atoms with E-state index in [1.807, 2.05) is 0 Å². The maximum Gasteiger partial charge on any atom is 0.193 e. The number of nitrogens with one attached hydrogen (secondary N) is 1. The van der Waals surface area contributed by atoms with Crippen molar-refractivity contribution >= 4 is 29.9 Å². The molecular formula is C19H40IN5. The monoisotopic (exact) mass is 465 g/mol. The first-order chi connectivity index (χ1) is 11.4. The highest BCUT2D eigenvalue weighted by Crippen LogP contribution is 2.28. The molecule has 0 aliphatic carbocycles. The van der Waals surface area contributed by atoms with Crippen molar-refractivity contribution in [3.63, 3.8) is 0 Å². The van der Waals surface area contributed by atoms with Gasteiger partial charge in [0.05, 0.1) is 0 Å². The molecule has 1 N–H and O–H groups in total. The van der Waals surface area contributed by atoms with Gasteiger partial charge in [-0.2, -0.15) is 0 Å². The molecule has 0 aromatic rings. The van der Waals surface area contributed by atoms with E-state index in [-0.39, 0.29) is 24.0 Å². The first kappa shape index (κ1) is 23.0. The van der Waals surface area contributed by atoms with Gasteiger partial charge >= 0.3 is 0 Å². The van der Waals surface area contributed by atoms with Gasteiger partial charge in [-0.05, 0) is 31.2 Å². The first-order valence-electron chi connectivity index (χ1n) is 9.91. The third-order valence-electron chi connectivity index (χ3n) is 5.35. The molecule has 0 saturated carbocycles. The maximum absolute atomic E-state index is 4.95. The van der Waals surface area contributed by atoms with E-state index in [9.17, 15) is 0 Å². The van der Waals surface area contributed by atoms with Gasteiger partial charge in [-0.1, -0.05) is 27.7 Å². The number of likely N-dealkylation sites (tertiary alicyclic amines) is 1. The van der Waals surface area contributed by atoms with Crippen molar-refractivity contribution in [2.45, 2.75) is 41.0 Å². The van der Waals surface area contributed by atoms with Gasteiger partial charge in [0.2, 0.25) is 0 Å². The maximum atomic E-state index is 4.95. The Morgan fingerprint density at radius 2 is 1.72 bits per heavy atom. The lowest BCUT2D eigenvalue weighted by molar-refractivity contribution is 0.125. The predicted molar refractivity (Wildman–Crippen MR) is 119 cm³/mol. The molecule has 0 radical (unpaired) electrons. The Labute approximate surface area is 172 Å². The summed E-state index contributed by atoms with van der Waals surface area (Å²) in [5.41, 5.74) is 0.417. The number of guanidine groups is 1. The largest absolute Gasteiger partial charge is 0.357 e. The molecule has 1 unspecified atom stereocenters. The van der Waals surface area contributed by atoms with Crippen LogP contribution in [0, 0.1) is 11.3 Å². The highest BCUT2D eigenvalue weighted by atomic mass is 127. The first-order valence-corrected chi connectivity index (χ1v) is 9.91. The van der Waals surface area contributed by atoms with E-state index in [0.717, 1.165) is 32.1 Å². The summed E-state index contributed by atoms with van der Waals surface area (Å²) in [6.45, 7) is 22.8. The molecule has 2 heterocycles. The minimum Gasteiger partial charge on any atom is -0.357 e. The standard InChI is InChI=1S/C19H39N5.HI/c1-6-20-18(24-9-8-19(4,5)16-24)21-14-17(3)15-23-12-10-22(7-2)11-13-23;/h17H,6-16H2,1-5H3,(H,20,21);1H. The molecule has 2 saturated heterocycles. The van der Waals surface area contributed by atoms with Crippen LogP contribution in [0.15, 0.2) is 4.99 Å². The van der Waals surface area contributed by atoms with Crippen LogP contribution in [0.2, 0.25) is 0 Å². The minimum absolute atomic E-state index is 0. The second-order valence-electron chi connectivity index (χ2n) is 8.37. The summed E-state index contributed by atoms with van der Waals surface area (Å²) in [4.78, 5) is 12.5. The van der Waals surface area contributed by atoms with Gasteiger partial charge in [0.25, 0.3) is 0 Å².